The lowest BCUT2D eigenvalue weighted by Crippen LogP contribution is -2.47. The number of hydrogen-bond donors (Lipinski definition) is 2. The summed E-state index contributed by atoms with van der Waals surface area (Å²) in [7, 11) is 0. The molecule has 2 amide bonds. The van der Waals surface area contributed by atoms with E-state index in [1.54, 1.807) is 13.3 Å². The van der Waals surface area contributed by atoms with Gasteiger partial charge in [0.2, 0.25) is 11.8 Å². The van der Waals surface area contributed by atoms with Gasteiger partial charge in [-0.2, -0.15) is 0 Å². The molecule has 3 N–H and O–H groups in total. The average Bonchev–Trinajstić information content (AvgIpc) is 2.87. The summed E-state index contributed by atoms with van der Waals surface area (Å²) in [6.07, 6.45) is 12.2. The van der Waals surface area contributed by atoms with Crippen LogP contribution >= 0.6 is 0 Å². The van der Waals surface area contributed by atoms with E-state index in [1.165, 1.54) is 17.7 Å². The lowest BCUT2D eigenvalue weighted by Gasteiger charge is -2.40. The number of hydrogen-bond acceptors (Lipinski definition) is 4. The predicted octanol–water partition coefficient (Wildman–Crippen LogP) is 4.87. The van der Waals surface area contributed by atoms with E-state index in [-0.39, 0.29) is 17.7 Å². The van der Waals surface area contributed by atoms with Gasteiger partial charge in [-0.15, -0.1) is 0 Å². The first kappa shape index (κ1) is 28.5. The van der Waals surface area contributed by atoms with Gasteiger partial charge < -0.3 is 20.6 Å². The second-order valence-corrected chi connectivity index (χ2v) is 11.6. The topological polar surface area (TPSA) is 86.9 Å². The molecule has 1 aliphatic heterocycles. The highest BCUT2D eigenvalue weighted by Gasteiger charge is 2.29. The molecule has 3 rings (SSSR count). The third-order valence-electron chi connectivity index (χ3n) is 8.23. The molecule has 2 fully saturated rings. The first-order valence-corrected chi connectivity index (χ1v) is 14.2. The molecule has 6 nitrogen and oxygen atoms in total. The van der Waals surface area contributed by atoms with Crippen molar-refractivity contribution < 1.29 is 14.7 Å². The molecule has 6 heteroatoms. The smallest absolute Gasteiger partial charge is 0.226 e. The number of likely N-dealkylation sites (tertiary alicyclic amines) is 1. The van der Waals surface area contributed by atoms with E-state index in [0.717, 1.165) is 77.4 Å². The standard InChI is InChI=1S/C30H48N3O3/c1-23(2)14-22-33(27-15-20-32(21-16-27)28(34)12-7-24(3)29(31)35)26-10-8-25(9-11-26)13-19-30(36)17-5-4-6-18-30/h8-12,23-24,27,36H,4-7,13-22H2,1-3H3,(H2,31,35). The summed E-state index contributed by atoms with van der Waals surface area (Å²) in [4.78, 5) is 28.3. The van der Waals surface area contributed by atoms with Gasteiger partial charge in [0.25, 0.3) is 0 Å². The number of carbonyl (C=O) groups excluding carboxylic acids is 2. The average molecular weight is 499 g/mol. The number of anilines is 1. The predicted molar refractivity (Wildman–Crippen MR) is 146 cm³/mol. The van der Waals surface area contributed by atoms with Crippen molar-refractivity contribution in [3.63, 3.8) is 0 Å². The van der Waals surface area contributed by atoms with Crippen LogP contribution in [0.1, 0.15) is 90.5 Å². The van der Waals surface area contributed by atoms with Gasteiger partial charge >= 0.3 is 0 Å². The summed E-state index contributed by atoms with van der Waals surface area (Å²) in [5.41, 5.74) is 7.40. The molecule has 0 spiro atoms. The molecule has 1 radical (unpaired) electrons. The van der Waals surface area contributed by atoms with Gasteiger partial charge in [-0.05, 0) is 75.0 Å². The minimum Gasteiger partial charge on any atom is -0.390 e. The van der Waals surface area contributed by atoms with Gasteiger partial charge in [0, 0.05) is 37.3 Å². The summed E-state index contributed by atoms with van der Waals surface area (Å²) in [5, 5.41) is 10.9. The third-order valence-corrected chi connectivity index (χ3v) is 8.23. The zero-order valence-electron chi connectivity index (χ0n) is 22.8. The van der Waals surface area contributed by atoms with Crippen molar-refractivity contribution in [1.29, 1.82) is 0 Å². The molecule has 1 saturated heterocycles. The Labute approximate surface area is 218 Å². The first-order valence-electron chi connectivity index (χ1n) is 14.2. The Morgan fingerprint density at radius 2 is 1.75 bits per heavy atom. The van der Waals surface area contributed by atoms with Crippen LogP contribution in [0.15, 0.2) is 24.3 Å². The fourth-order valence-corrected chi connectivity index (χ4v) is 5.53. The Balaban J connectivity index is 1.56. The van der Waals surface area contributed by atoms with Crippen LogP contribution in [-0.2, 0) is 16.0 Å². The molecule has 0 aromatic heterocycles. The van der Waals surface area contributed by atoms with E-state index in [1.807, 2.05) is 4.90 Å². The highest BCUT2D eigenvalue weighted by atomic mass is 16.3. The number of amides is 2. The van der Waals surface area contributed by atoms with Gasteiger partial charge in [0.1, 0.15) is 0 Å². The number of rotatable bonds is 12. The van der Waals surface area contributed by atoms with Crippen LogP contribution in [0.5, 0.6) is 0 Å². The van der Waals surface area contributed by atoms with Crippen LogP contribution in [-0.4, -0.2) is 53.1 Å². The molecule has 2 aliphatic rings. The molecule has 1 aromatic carbocycles. The monoisotopic (exact) mass is 498 g/mol. The quantitative estimate of drug-likeness (QED) is 0.430. The Hall–Kier alpha value is -2.08. The molecule has 1 aromatic rings. The molecule has 1 saturated carbocycles. The summed E-state index contributed by atoms with van der Waals surface area (Å²) in [5.74, 6) is -0.0354. The Kier molecular flexibility index (Phi) is 10.7. The van der Waals surface area contributed by atoms with Gasteiger partial charge in [-0.3, -0.25) is 9.59 Å². The fourth-order valence-electron chi connectivity index (χ4n) is 5.53. The van der Waals surface area contributed by atoms with Crippen LogP contribution in [0.2, 0.25) is 0 Å². The van der Waals surface area contributed by atoms with E-state index in [9.17, 15) is 14.7 Å². The maximum absolute atomic E-state index is 12.6. The second-order valence-electron chi connectivity index (χ2n) is 11.6. The van der Waals surface area contributed by atoms with Gasteiger partial charge in [-0.25, -0.2) is 0 Å². The van der Waals surface area contributed by atoms with Gasteiger partial charge in [-0.1, -0.05) is 52.2 Å². The number of nitrogens with two attached hydrogens (primary N) is 1. The minimum atomic E-state index is -0.471. The third kappa shape index (κ3) is 8.50. The second kappa shape index (κ2) is 13.5. The summed E-state index contributed by atoms with van der Waals surface area (Å²) >= 11 is 0. The van der Waals surface area contributed by atoms with Crippen molar-refractivity contribution >= 4 is 17.5 Å². The van der Waals surface area contributed by atoms with Crippen molar-refractivity contribution in [2.75, 3.05) is 24.5 Å². The Morgan fingerprint density at radius 1 is 1.11 bits per heavy atom. The van der Waals surface area contributed by atoms with Gasteiger partial charge in [0.15, 0.2) is 0 Å². The maximum Gasteiger partial charge on any atom is 0.226 e. The lowest BCUT2D eigenvalue weighted by atomic mass is 9.81. The Morgan fingerprint density at radius 3 is 2.33 bits per heavy atom. The zero-order chi connectivity index (χ0) is 26.1. The Bertz CT molecular complexity index is 824. The SMILES string of the molecule is CC(C)CCN(c1ccc(CCC2(O)CCCCC2)cc1)C1CCN(C(=O)[CH]CC(C)C(N)=O)CC1. The van der Waals surface area contributed by atoms with Crippen LogP contribution in [0.4, 0.5) is 5.69 Å². The van der Waals surface area contributed by atoms with Crippen molar-refractivity contribution in [1.82, 2.24) is 4.90 Å². The number of carbonyl (C=O) groups is 2. The minimum absolute atomic E-state index is 0.0132. The molecular formula is C30H48N3O3. The van der Waals surface area contributed by atoms with Crippen LogP contribution in [0.3, 0.4) is 0 Å². The molecule has 1 heterocycles. The molecule has 1 unspecified atom stereocenters. The van der Waals surface area contributed by atoms with Gasteiger partial charge in [0.05, 0.1) is 12.0 Å². The van der Waals surface area contributed by atoms with E-state index >= 15 is 0 Å². The number of aryl methyl sites for hydroxylation is 1. The number of nitrogens with zero attached hydrogens (tertiary/aromatic N) is 2. The molecule has 1 aliphatic carbocycles. The maximum atomic E-state index is 12.6. The zero-order valence-corrected chi connectivity index (χ0v) is 22.8. The van der Waals surface area contributed by atoms with E-state index in [0.29, 0.717) is 18.4 Å². The summed E-state index contributed by atoms with van der Waals surface area (Å²) < 4.78 is 0. The highest BCUT2D eigenvalue weighted by molar-refractivity contribution is 5.86. The van der Waals surface area contributed by atoms with E-state index in [2.05, 4.69) is 43.0 Å². The molecule has 1 atom stereocenters. The first-order chi connectivity index (χ1) is 17.2. The van der Waals surface area contributed by atoms with Crippen molar-refractivity contribution in [2.24, 2.45) is 17.6 Å². The van der Waals surface area contributed by atoms with E-state index < -0.39 is 5.60 Å². The number of piperidine rings is 1. The molecule has 36 heavy (non-hydrogen) atoms. The molecule has 0 bridgehead atoms. The van der Waals surface area contributed by atoms with Crippen molar-refractivity contribution in [2.45, 2.75) is 103 Å². The van der Waals surface area contributed by atoms with Crippen molar-refractivity contribution in [3.8, 4) is 0 Å². The van der Waals surface area contributed by atoms with Crippen LogP contribution in [0, 0.1) is 18.3 Å². The lowest BCUT2D eigenvalue weighted by molar-refractivity contribution is -0.129. The summed E-state index contributed by atoms with van der Waals surface area (Å²) in [6, 6.07) is 9.37. The van der Waals surface area contributed by atoms with E-state index in [4.69, 9.17) is 5.73 Å². The number of aliphatic hydroxyl groups is 1. The molecular weight excluding hydrogens is 450 g/mol. The normalized spacial score (nSPS) is 19.3. The largest absolute Gasteiger partial charge is 0.390 e. The number of benzene rings is 1. The van der Waals surface area contributed by atoms with Crippen LogP contribution in [0.25, 0.3) is 0 Å². The fraction of sp³-hybridized carbons (Fsp3) is 0.700. The number of primary amides is 1. The summed E-state index contributed by atoms with van der Waals surface area (Å²) in [6.45, 7) is 8.77. The molecule has 201 valence electrons. The van der Waals surface area contributed by atoms with Crippen molar-refractivity contribution in [3.05, 3.63) is 36.2 Å². The van der Waals surface area contributed by atoms with Crippen LogP contribution < -0.4 is 10.6 Å². The highest BCUT2D eigenvalue weighted by Crippen LogP contribution is 2.32.